The maximum absolute atomic E-state index is 12.2. The van der Waals surface area contributed by atoms with Gasteiger partial charge in [-0.05, 0) is 18.4 Å². The van der Waals surface area contributed by atoms with E-state index in [-0.39, 0.29) is 11.8 Å². The monoisotopic (exact) mass is 265 g/mol. The van der Waals surface area contributed by atoms with Crippen molar-refractivity contribution in [2.24, 2.45) is 5.10 Å². The van der Waals surface area contributed by atoms with Crippen molar-refractivity contribution in [3.05, 3.63) is 22.4 Å². The molecule has 1 N–H and O–H groups in total. The second-order valence-corrected chi connectivity index (χ2v) is 5.02. The molecule has 0 spiro atoms. The van der Waals surface area contributed by atoms with Crippen LogP contribution in [0.5, 0.6) is 0 Å². The molecule has 5 nitrogen and oxygen atoms in total. The number of carbonyl (C=O) groups is 2. The first-order valence-electron chi connectivity index (χ1n) is 5.87. The van der Waals surface area contributed by atoms with E-state index in [0.717, 1.165) is 4.88 Å². The number of amides is 2. The van der Waals surface area contributed by atoms with Crippen LogP contribution in [0.3, 0.4) is 0 Å². The third-order valence-corrected chi connectivity index (χ3v) is 3.61. The molecule has 6 heteroatoms. The Hall–Kier alpha value is -1.69. The third kappa shape index (κ3) is 2.95. The van der Waals surface area contributed by atoms with Gasteiger partial charge in [0.15, 0.2) is 0 Å². The van der Waals surface area contributed by atoms with E-state index in [2.05, 4.69) is 10.5 Å². The number of hydrazone groups is 1. The average molecular weight is 265 g/mol. The SMILES string of the molecule is CCN(Cc1cccs1)C(=O)C1=NNC(=O)CC1. The molecule has 2 amide bonds. The molecule has 18 heavy (non-hydrogen) atoms. The summed E-state index contributed by atoms with van der Waals surface area (Å²) >= 11 is 1.63. The highest BCUT2D eigenvalue weighted by Gasteiger charge is 2.22. The summed E-state index contributed by atoms with van der Waals surface area (Å²) in [6.45, 7) is 3.16. The van der Waals surface area contributed by atoms with Gasteiger partial charge < -0.3 is 4.90 Å². The first kappa shape index (κ1) is 12.8. The van der Waals surface area contributed by atoms with Crippen molar-refractivity contribution in [1.29, 1.82) is 0 Å². The van der Waals surface area contributed by atoms with Gasteiger partial charge in [0.2, 0.25) is 5.91 Å². The molecular formula is C12H15N3O2S. The normalized spacial score (nSPS) is 14.9. The van der Waals surface area contributed by atoms with Gasteiger partial charge in [-0.25, -0.2) is 5.43 Å². The summed E-state index contributed by atoms with van der Waals surface area (Å²) in [5.41, 5.74) is 2.79. The summed E-state index contributed by atoms with van der Waals surface area (Å²) < 4.78 is 0. The Bertz CT molecular complexity index is 468. The van der Waals surface area contributed by atoms with E-state index >= 15 is 0 Å². The van der Waals surface area contributed by atoms with Gasteiger partial charge in [0, 0.05) is 24.3 Å². The van der Waals surface area contributed by atoms with Crippen molar-refractivity contribution in [3.8, 4) is 0 Å². The lowest BCUT2D eigenvalue weighted by Gasteiger charge is -2.22. The largest absolute Gasteiger partial charge is 0.333 e. The molecule has 0 radical (unpaired) electrons. The molecule has 2 rings (SSSR count). The van der Waals surface area contributed by atoms with E-state index in [0.29, 0.717) is 31.6 Å². The summed E-state index contributed by atoms with van der Waals surface area (Å²) in [4.78, 5) is 26.1. The second kappa shape index (κ2) is 5.77. The fourth-order valence-electron chi connectivity index (χ4n) is 1.73. The van der Waals surface area contributed by atoms with E-state index in [1.807, 2.05) is 24.4 Å². The van der Waals surface area contributed by atoms with Crippen molar-refractivity contribution < 1.29 is 9.59 Å². The molecule has 0 fully saturated rings. The fourth-order valence-corrected chi connectivity index (χ4v) is 2.45. The van der Waals surface area contributed by atoms with Gasteiger partial charge in [0.25, 0.3) is 5.91 Å². The number of carbonyl (C=O) groups excluding carboxylic acids is 2. The van der Waals surface area contributed by atoms with Crippen LogP contribution >= 0.6 is 11.3 Å². The smallest absolute Gasteiger partial charge is 0.270 e. The molecule has 1 aliphatic heterocycles. The van der Waals surface area contributed by atoms with E-state index < -0.39 is 0 Å². The van der Waals surface area contributed by atoms with Crippen LogP contribution in [0.25, 0.3) is 0 Å². The Balaban J connectivity index is 2.03. The lowest BCUT2D eigenvalue weighted by molar-refractivity contribution is -0.125. The van der Waals surface area contributed by atoms with Crippen molar-refractivity contribution in [2.75, 3.05) is 6.54 Å². The van der Waals surface area contributed by atoms with Crippen LogP contribution in [-0.2, 0) is 16.1 Å². The lowest BCUT2D eigenvalue weighted by Crippen LogP contribution is -2.39. The molecule has 1 aliphatic rings. The average Bonchev–Trinajstić information content (AvgIpc) is 2.89. The predicted octanol–water partition coefficient (Wildman–Crippen LogP) is 1.36. The number of rotatable bonds is 4. The van der Waals surface area contributed by atoms with Crippen LogP contribution in [-0.4, -0.2) is 29.0 Å². The second-order valence-electron chi connectivity index (χ2n) is 3.99. The molecule has 0 saturated carbocycles. The van der Waals surface area contributed by atoms with Crippen LogP contribution < -0.4 is 5.43 Å². The summed E-state index contributed by atoms with van der Waals surface area (Å²) in [6, 6.07) is 3.97. The quantitative estimate of drug-likeness (QED) is 0.893. The van der Waals surface area contributed by atoms with E-state index in [9.17, 15) is 9.59 Å². The number of hydrogen-bond donors (Lipinski definition) is 1. The highest BCUT2D eigenvalue weighted by molar-refractivity contribution is 7.09. The van der Waals surface area contributed by atoms with Gasteiger partial charge in [0.1, 0.15) is 5.71 Å². The van der Waals surface area contributed by atoms with Crippen LogP contribution in [0.15, 0.2) is 22.6 Å². The van der Waals surface area contributed by atoms with Crippen LogP contribution in [0.1, 0.15) is 24.6 Å². The number of nitrogens with one attached hydrogen (secondary N) is 1. The first-order valence-corrected chi connectivity index (χ1v) is 6.75. The first-order chi connectivity index (χ1) is 8.70. The minimum atomic E-state index is -0.132. The topological polar surface area (TPSA) is 61.8 Å². The molecule has 0 aliphatic carbocycles. The van der Waals surface area contributed by atoms with E-state index in [1.165, 1.54) is 0 Å². The molecule has 0 atom stereocenters. The molecule has 2 heterocycles. The molecule has 1 aromatic rings. The minimum Gasteiger partial charge on any atom is -0.333 e. The van der Waals surface area contributed by atoms with Crippen molar-refractivity contribution in [3.63, 3.8) is 0 Å². The maximum Gasteiger partial charge on any atom is 0.270 e. The highest BCUT2D eigenvalue weighted by Crippen LogP contribution is 2.13. The van der Waals surface area contributed by atoms with Gasteiger partial charge in [-0.2, -0.15) is 5.10 Å². The summed E-state index contributed by atoms with van der Waals surface area (Å²) in [5.74, 6) is -0.223. The molecule has 0 bridgehead atoms. The third-order valence-electron chi connectivity index (χ3n) is 2.75. The number of nitrogens with zero attached hydrogens (tertiary/aromatic N) is 2. The zero-order valence-electron chi connectivity index (χ0n) is 10.2. The fraction of sp³-hybridized carbons (Fsp3) is 0.417. The summed E-state index contributed by atoms with van der Waals surface area (Å²) in [7, 11) is 0. The molecule has 0 aromatic carbocycles. The lowest BCUT2D eigenvalue weighted by atomic mass is 10.1. The zero-order valence-corrected chi connectivity index (χ0v) is 11.0. The van der Waals surface area contributed by atoms with E-state index in [4.69, 9.17) is 0 Å². The molecule has 96 valence electrons. The van der Waals surface area contributed by atoms with Gasteiger partial charge in [-0.15, -0.1) is 11.3 Å². The molecule has 0 saturated heterocycles. The van der Waals surface area contributed by atoms with Gasteiger partial charge in [-0.3, -0.25) is 9.59 Å². The van der Waals surface area contributed by atoms with Crippen molar-refractivity contribution >= 4 is 28.9 Å². The van der Waals surface area contributed by atoms with Gasteiger partial charge in [0.05, 0.1) is 6.54 Å². The van der Waals surface area contributed by atoms with Crippen LogP contribution in [0.2, 0.25) is 0 Å². The Morgan fingerprint density at radius 2 is 2.39 bits per heavy atom. The summed E-state index contributed by atoms with van der Waals surface area (Å²) in [6.07, 6.45) is 0.757. The number of hydrogen-bond acceptors (Lipinski definition) is 4. The maximum atomic E-state index is 12.2. The van der Waals surface area contributed by atoms with Crippen LogP contribution in [0, 0.1) is 0 Å². The standard InChI is InChI=1S/C12H15N3O2S/c1-2-15(8-9-4-3-7-18-9)12(17)10-5-6-11(16)14-13-10/h3-4,7H,2,5-6,8H2,1H3,(H,14,16). The Labute approximate surface area is 109 Å². The highest BCUT2D eigenvalue weighted by atomic mass is 32.1. The Morgan fingerprint density at radius 1 is 1.56 bits per heavy atom. The van der Waals surface area contributed by atoms with E-state index in [1.54, 1.807) is 16.2 Å². The zero-order chi connectivity index (χ0) is 13.0. The Morgan fingerprint density at radius 3 is 2.94 bits per heavy atom. The molecule has 0 unspecified atom stereocenters. The van der Waals surface area contributed by atoms with Crippen molar-refractivity contribution in [2.45, 2.75) is 26.3 Å². The molecule has 1 aromatic heterocycles. The Kier molecular flexibility index (Phi) is 4.09. The minimum absolute atomic E-state index is 0.0918. The van der Waals surface area contributed by atoms with Crippen molar-refractivity contribution in [1.82, 2.24) is 10.3 Å². The number of thiophene rings is 1. The van der Waals surface area contributed by atoms with Gasteiger partial charge >= 0.3 is 0 Å². The van der Waals surface area contributed by atoms with Crippen LogP contribution in [0.4, 0.5) is 0 Å². The summed E-state index contributed by atoms with van der Waals surface area (Å²) in [5, 5.41) is 5.83. The molecular weight excluding hydrogens is 250 g/mol. The van der Waals surface area contributed by atoms with Gasteiger partial charge in [-0.1, -0.05) is 6.07 Å². The predicted molar refractivity (Wildman–Crippen MR) is 70.2 cm³/mol.